The molecule has 2 aromatic carbocycles. The highest BCUT2D eigenvalue weighted by Crippen LogP contribution is 2.53. The van der Waals surface area contributed by atoms with E-state index >= 15 is 0 Å². The van der Waals surface area contributed by atoms with Crippen LogP contribution in [0.2, 0.25) is 0 Å². The van der Waals surface area contributed by atoms with Crippen molar-refractivity contribution in [2.75, 3.05) is 61.6 Å². The predicted molar refractivity (Wildman–Crippen MR) is 296 cm³/mol. The number of primary amides is 2. The van der Waals surface area contributed by atoms with E-state index < -0.39 is 29.5 Å². The number of rotatable bonds is 9. The number of amidine groups is 1. The molecule has 2 spiro atoms. The number of nitrogens with one attached hydrogen (secondary N) is 1. The van der Waals surface area contributed by atoms with Crippen molar-refractivity contribution in [1.82, 2.24) is 39.9 Å². The number of nitrogens with two attached hydrogens (primary N) is 3. The summed E-state index contributed by atoms with van der Waals surface area (Å²) in [6.45, 7) is 13.4. The molecule has 2 aliphatic carbocycles. The average Bonchev–Trinajstić information content (AvgIpc) is 4.27. The van der Waals surface area contributed by atoms with Crippen LogP contribution in [0.3, 0.4) is 0 Å². The van der Waals surface area contributed by atoms with E-state index in [0.717, 1.165) is 107 Å². The molecule has 11 rings (SSSR count). The van der Waals surface area contributed by atoms with Gasteiger partial charge in [-0.3, -0.25) is 19.4 Å². The Hall–Kier alpha value is -7.46. The van der Waals surface area contributed by atoms with Gasteiger partial charge >= 0.3 is 6.09 Å². The molecule has 5 atom stereocenters. The molecule has 8 N–H and O–H groups in total. The van der Waals surface area contributed by atoms with Gasteiger partial charge in [-0.05, 0) is 120 Å². The monoisotopic (exact) mass is 1070 g/mol. The van der Waals surface area contributed by atoms with E-state index in [1.165, 1.54) is 22.3 Å². The van der Waals surface area contributed by atoms with Crippen molar-refractivity contribution in [3.05, 3.63) is 94.6 Å². The molecular formula is C56H75N15O7. The summed E-state index contributed by atoms with van der Waals surface area (Å²) in [7, 11) is 3.61. The molecule has 416 valence electrons. The Morgan fingerprint density at radius 3 is 2.00 bits per heavy atom. The van der Waals surface area contributed by atoms with Gasteiger partial charge in [-0.2, -0.15) is 0 Å². The maximum Gasteiger partial charge on any atom is 0.408 e. The highest BCUT2D eigenvalue weighted by Gasteiger charge is 2.49. The van der Waals surface area contributed by atoms with Gasteiger partial charge in [-0.1, -0.05) is 48.5 Å². The molecule has 6 aliphatic rings. The number of aliphatic imine (C=N–C) groups is 1. The molecule has 22 heteroatoms. The SMILES string of the molecule is C[C@@H](C(N)=O)N(C)C1=NCc2nc(N3CCC4(CC3)Cc3ccccc3[C@H]4N)cnc21.C[C@@H](C(N)=O)N(C)c1nn(C2CCCCO2)c2nc(N3CCC4(CC3)Cc3ccccc3[C@H]4NC(=O)OC(C)(C)C)cnc12.O=CO. The minimum Gasteiger partial charge on any atom is -0.483 e. The number of likely N-dealkylation sites (N-methyl/N-ethyl adjacent to an activating group) is 2. The summed E-state index contributed by atoms with van der Waals surface area (Å²) in [5, 5.41) is 15.0. The number of benzene rings is 2. The van der Waals surface area contributed by atoms with Crippen LogP contribution in [-0.4, -0.2) is 135 Å². The zero-order chi connectivity index (χ0) is 55.7. The molecule has 3 amide bonds. The van der Waals surface area contributed by atoms with Gasteiger partial charge in [-0.25, -0.2) is 29.4 Å². The number of alkyl carbamates (subject to hydrolysis) is 1. The number of carbonyl (C=O) groups excluding carboxylic acids is 3. The van der Waals surface area contributed by atoms with Crippen LogP contribution in [0.4, 0.5) is 22.2 Å². The van der Waals surface area contributed by atoms with Crippen LogP contribution < -0.4 is 37.2 Å². The summed E-state index contributed by atoms with van der Waals surface area (Å²) in [6.07, 6.45) is 11.7. The minimum absolute atomic E-state index is 0.107. The van der Waals surface area contributed by atoms with E-state index in [4.69, 9.17) is 56.6 Å². The smallest absolute Gasteiger partial charge is 0.408 e. The molecule has 1 unspecified atom stereocenters. The second kappa shape index (κ2) is 22.5. The number of carboxylic acid groups (broad SMARTS) is 1. The van der Waals surface area contributed by atoms with Crippen molar-refractivity contribution >= 4 is 58.8 Å². The van der Waals surface area contributed by atoms with E-state index in [-0.39, 0.29) is 41.7 Å². The first kappa shape index (κ1) is 55.3. The fourth-order valence-corrected chi connectivity index (χ4v) is 12.1. The van der Waals surface area contributed by atoms with Crippen LogP contribution in [0.5, 0.6) is 0 Å². The Morgan fingerprint density at radius 2 is 1.40 bits per heavy atom. The van der Waals surface area contributed by atoms with Crippen molar-refractivity contribution in [3.8, 4) is 0 Å². The van der Waals surface area contributed by atoms with Gasteiger partial charge in [0.2, 0.25) is 11.8 Å². The summed E-state index contributed by atoms with van der Waals surface area (Å²) in [5.41, 5.74) is 25.2. The maximum absolute atomic E-state index is 12.9. The highest BCUT2D eigenvalue weighted by molar-refractivity contribution is 6.02. The molecule has 0 radical (unpaired) electrons. The van der Waals surface area contributed by atoms with Crippen molar-refractivity contribution in [2.45, 2.75) is 135 Å². The van der Waals surface area contributed by atoms with Gasteiger partial charge < -0.3 is 56.7 Å². The van der Waals surface area contributed by atoms with Crippen LogP contribution in [0.25, 0.3) is 11.2 Å². The number of hydrogen-bond donors (Lipinski definition) is 5. The number of amides is 3. The van der Waals surface area contributed by atoms with Gasteiger partial charge in [0.05, 0.1) is 30.7 Å². The third kappa shape index (κ3) is 11.0. The van der Waals surface area contributed by atoms with E-state index in [9.17, 15) is 14.4 Å². The lowest BCUT2D eigenvalue weighted by Gasteiger charge is -2.43. The summed E-state index contributed by atoms with van der Waals surface area (Å²) >= 11 is 0. The summed E-state index contributed by atoms with van der Waals surface area (Å²) in [4.78, 5) is 76.9. The Balaban J connectivity index is 0.000000190. The number of carbonyl (C=O) groups is 4. The summed E-state index contributed by atoms with van der Waals surface area (Å²) in [5.74, 6) is 2.06. The first-order chi connectivity index (χ1) is 37.3. The normalized spacial score (nSPS) is 21.4. The predicted octanol–water partition coefficient (Wildman–Crippen LogP) is 5.33. The van der Waals surface area contributed by atoms with Gasteiger partial charge in [0.25, 0.3) is 6.47 Å². The van der Waals surface area contributed by atoms with Crippen molar-refractivity contribution in [2.24, 2.45) is 33.0 Å². The van der Waals surface area contributed by atoms with Gasteiger partial charge in [0.15, 0.2) is 29.0 Å². The maximum atomic E-state index is 12.9. The van der Waals surface area contributed by atoms with Crippen LogP contribution in [0.15, 0.2) is 65.9 Å². The lowest BCUT2D eigenvalue weighted by atomic mass is 9.72. The fourth-order valence-electron chi connectivity index (χ4n) is 12.1. The molecule has 0 saturated carbocycles. The van der Waals surface area contributed by atoms with E-state index in [1.807, 2.05) is 44.8 Å². The van der Waals surface area contributed by atoms with Crippen LogP contribution in [0.1, 0.15) is 132 Å². The second-order valence-electron chi connectivity index (χ2n) is 22.6. The Labute approximate surface area is 455 Å². The first-order valence-corrected chi connectivity index (χ1v) is 27.1. The minimum atomic E-state index is -0.572. The largest absolute Gasteiger partial charge is 0.483 e. The van der Waals surface area contributed by atoms with Crippen LogP contribution in [0, 0.1) is 10.8 Å². The highest BCUT2D eigenvalue weighted by atomic mass is 16.6. The van der Waals surface area contributed by atoms with Gasteiger partial charge in [0.1, 0.15) is 35.0 Å². The lowest BCUT2D eigenvalue weighted by Crippen LogP contribution is -2.48. The van der Waals surface area contributed by atoms with Crippen molar-refractivity contribution in [1.29, 1.82) is 0 Å². The molecule has 7 heterocycles. The summed E-state index contributed by atoms with van der Waals surface area (Å²) < 4.78 is 13.6. The number of anilines is 3. The molecule has 3 fully saturated rings. The quantitative estimate of drug-likeness (QED) is 0.117. The van der Waals surface area contributed by atoms with E-state index in [0.29, 0.717) is 36.0 Å². The Morgan fingerprint density at radius 1 is 0.833 bits per heavy atom. The van der Waals surface area contributed by atoms with Crippen molar-refractivity contribution < 1.29 is 33.8 Å². The standard InChI is InChI=1S/C32H44N8O4.C23H29N7O.CH2O2/c1-20(27(33)41)38(5)29-25-28(40(37-29)24-12-8-9-17-43-24)35-23(19-34-25)39-15-13-32(14-16-39)18-21-10-6-7-11-22(21)26(32)36-30(42)44-31(2,3)4;1-14(21(25)31)29(2)22-19-17(12-27-22)28-18(13-26-19)30-9-7-23(8-10-30)11-15-5-3-4-6-16(15)20(23)24;2-1-3/h6-7,10-11,19-20,24,26H,8-9,12-18H2,1-5H3,(H2,33,41)(H,36,42);3-6,13-14,20H,7-12,24H2,1-2H3,(H2,25,31);1H,(H,2,3)/t20-,24?,26+;14-,20+;/m00./s1. The third-order valence-corrected chi connectivity index (χ3v) is 16.8. The Bertz CT molecular complexity index is 3050. The Kier molecular flexibility index (Phi) is 15.9. The van der Waals surface area contributed by atoms with Gasteiger partial charge in [-0.15, -0.1) is 5.10 Å². The number of ether oxygens (including phenoxy) is 2. The zero-order valence-electron chi connectivity index (χ0n) is 45.9. The molecule has 0 bridgehead atoms. The molecular weight excluding hydrogens is 995 g/mol. The third-order valence-electron chi connectivity index (χ3n) is 16.8. The molecule has 4 aliphatic heterocycles. The van der Waals surface area contributed by atoms with Crippen LogP contribution in [-0.2, 0) is 43.2 Å². The fraction of sp³-hybridized carbons (Fsp3) is 0.536. The zero-order valence-corrected chi connectivity index (χ0v) is 45.9. The first-order valence-electron chi connectivity index (χ1n) is 27.1. The number of aromatic nitrogens is 6. The van der Waals surface area contributed by atoms with E-state index in [2.05, 4.69) is 67.6 Å². The number of piperidine rings is 2. The molecule has 3 aromatic heterocycles. The van der Waals surface area contributed by atoms with E-state index in [1.54, 1.807) is 36.9 Å². The topological polar surface area (TPSA) is 292 Å². The molecule has 22 nitrogen and oxygen atoms in total. The summed E-state index contributed by atoms with van der Waals surface area (Å²) in [6, 6.07) is 16.0. The number of fused-ring (bicyclic) bond motifs is 4. The van der Waals surface area contributed by atoms with Gasteiger partial charge in [0, 0.05) is 58.3 Å². The van der Waals surface area contributed by atoms with Crippen LogP contribution >= 0.6 is 0 Å². The van der Waals surface area contributed by atoms with Crippen molar-refractivity contribution in [3.63, 3.8) is 0 Å². The number of nitrogens with zero attached hydrogens (tertiary/aromatic N) is 11. The molecule has 78 heavy (non-hydrogen) atoms. The lowest BCUT2D eigenvalue weighted by molar-refractivity contribution is -0.123. The second-order valence-corrected chi connectivity index (χ2v) is 22.6. The molecule has 3 saturated heterocycles. The average molecular weight is 1070 g/mol. The number of hydrogen-bond acceptors (Lipinski definition) is 17. The molecule has 5 aromatic rings.